The van der Waals surface area contributed by atoms with Crippen molar-refractivity contribution in [1.29, 1.82) is 0 Å². The number of halogens is 1. The number of nitrogens with zero attached hydrogens (tertiary/aromatic N) is 1. The molecule has 88 valence electrons. The van der Waals surface area contributed by atoms with Crippen LogP contribution in [0.2, 0.25) is 0 Å². The highest BCUT2D eigenvalue weighted by atomic mass is 32.1. The predicted molar refractivity (Wildman–Crippen MR) is 64.9 cm³/mol. The summed E-state index contributed by atoms with van der Waals surface area (Å²) in [7, 11) is 0. The molecule has 3 nitrogen and oxygen atoms in total. The summed E-state index contributed by atoms with van der Waals surface area (Å²) in [6.45, 7) is 0.0164. The molecule has 0 aliphatic rings. The highest BCUT2D eigenvalue weighted by Gasteiger charge is 2.17. The zero-order chi connectivity index (χ0) is 12.3. The standard InChI is InChI=1S/C12H10FNO2S/c13-10-5-2-1-4-9(10)8-14(12(15)16)11-6-3-7-17-11/h1-7H,8H2,(H,15,16). The SMILES string of the molecule is O=C(O)N(Cc1ccccc1F)c1cccs1. The molecule has 0 fully saturated rings. The Morgan fingerprint density at radius 2 is 2.06 bits per heavy atom. The van der Waals surface area contributed by atoms with E-state index in [9.17, 15) is 9.18 Å². The second-order valence-corrected chi connectivity index (χ2v) is 4.34. The molecule has 0 aliphatic heterocycles. The third-order valence-corrected chi connectivity index (χ3v) is 3.18. The van der Waals surface area contributed by atoms with Crippen LogP contribution in [0, 0.1) is 5.82 Å². The Bertz CT molecular complexity index is 513. The first-order valence-electron chi connectivity index (χ1n) is 4.96. The Balaban J connectivity index is 2.26. The van der Waals surface area contributed by atoms with E-state index < -0.39 is 11.9 Å². The smallest absolute Gasteiger partial charge is 0.412 e. The molecule has 0 aliphatic carbocycles. The molecular weight excluding hydrogens is 241 g/mol. The van der Waals surface area contributed by atoms with Crippen LogP contribution in [0.1, 0.15) is 5.56 Å². The second kappa shape index (κ2) is 4.97. The van der Waals surface area contributed by atoms with Gasteiger partial charge in [-0.15, -0.1) is 11.3 Å². The van der Waals surface area contributed by atoms with Crippen molar-refractivity contribution in [3.8, 4) is 0 Å². The molecule has 1 amide bonds. The summed E-state index contributed by atoms with van der Waals surface area (Å²) in [5.74, 6) is -0.393. The van der Waals surface area contributed by atoms with Gasteiger partial charge in [-0.1, -0.05) is 18.2 Å². The van der Waals surface area contributed by atoms with Crippen molar-refractivity contribution < 1.29 is 14.3 Å². The van der Waals surface area contributed by atoms with E-state index in [0.717, 1.165) is 4.90 Å². The molecule has 1 aromatic carbocycles. The minimum Gasteiger partial charge on any atom is -0.465 e. The quantitative estimate of drug-likeness (QED) is 0.905. The maximum atomic E-state index is 13.4. The first-order valence-corrected chi connectivity index (χ1v) is 5.84. The van der Waals surface area contributed by atoms with E-state index in [1.807, 2.05) is 0 Å². The molecule has 2 aromatic rings. The maximum Gasteiger partial charge on any atom is 0.412 e. The number of rotatable bonds is 3. The fourth-order valence-corrected chi connectivity index (χ4v) is 2.18. The van der Waals surface area contributed by atoms with Crippen LogP contribution >= 0.6 is 11.3 Å². The van der Waals surface area contributed by atoms with E-state index in [2.05, 4.69) is 0 Å². The number of thiophene rings is 1. The van der Waals surface area contributed by atoms with Crippen molar-refractivity contribution in [2.45, 2.75) is 6.54 Å². The van der Waals surface area contributed by atoms with Crippen molar-refractivity contribution >= 4 is 22.4 Å². The van der Waals surface area contributed by atoms with Gasteiger partial charge in [-0.2, -0.15) is 0 Å². The van der Waals surface area contributed by atoms with E-state index in [0.29, 0.717) is 10.6 Å². The molecule has 0 saturated heterocycles. The van der Waals surface area contributed by atoms with Crippen molar-refractivity contribution in [2.75, 3.05) is 4.90 Å². The molecule has 0 spiro atoms. The molecule has 1 N–H and O–H groups in total. The molecule has 0 saturated carbocycles. The molecule has 0 radical (unpaired) electrons. The largest absolute Gasteiger partial charge is 0.465 e. The van der Waals surface area contributed by atoms with Crippen molar-refractivity contribution in [3.63, 3.8) is 0 Å². The molecule has 0 bridgehead atoms. The highest BCUT2D eigenvalue weighted by molar-refractivity contribution is 7.14. The van der Waals surface area contributed by atoms with Gasteiger partial charge in [-0.05, 0) is 23.6 Å². The van der Waals surface area contributed by atoms with Crippen LogP contribution in [0.3, 0.4) is 0 Å². The van der Waals surface area contributed by atoms with E-state index >= 15 is 0 Å². The minimum atomic E-state index is -1.09. The summed E-state index contributed by atoms with van der Waals surface area (Å²) < 4.78 is 13.4. The second-order valence-electron chi connectivity index (χ2n) is 3.41. The number of hydrogen-bond donors (Lipinski definition) is 1. The Morgan fingerprint density at radius 3 is 2.65 bits per heavy atom. The fourth-order valence-electron chi connectivity index (χ4n) is 1.46. The van der Waals surface area contributed by atoms with E-state index in [1.54, 1.807) is 35.7 Å². The van der Waals surface area contributed by atoms with Crippen LogP contribution in [0.5, 0.6) is 0 Å². The average molecular weight is 251 g/mol. The molecule has 0 unspecified atom stereocenters. The number of benzene rings is 1. The molecule has 0 atom stereocenters. The van der Waals surface area contributed by atoms with Gasteiger partial charge in [0.25, 0.3) is 0 Å². The Labute approximate surface area is 102 Å². The van der Waals surface area contributed by atoms with E-state index in [4.69, 9.17) is 5.11 Å². The average Bonchev–Trinajstić information content (AvgIpc) is 2.81. The number of carboxylic acid groups (broad SMARTS) is 1. The molecule has 5 heteroatoms. The Kier molecular flexibility index (Phi) is 3.39. The summed E-state index contributed by atoms with van der Waals surface area (Å²) in [4.78, 5) is 12.3. The third-order valence-electron chi connectivity index (χ3n) is 2.29. The normalized spacial score (nSPS) is 10.2. The van der Waals surface area contributed by atoms with Crippen LogP contribution in [0.4, 0.5) is 14.2 Å². The summed E-state index contributed by atoms with van der Waals surface area (Å²) in [6, 6.07) is 9.63. The third kappa shape index (κ3) is 2.62. The molecule has 1 aromatic heterocycles. The molecular formula is C12H10FNO2S. The summed E-state index contributed by atoms with van der Waals surface area (Å²) in [6.07, 6.45) is -1.09. The van der Waals surface area contributed by atoms with Crippen molar-refractivity contribution in [2.24, 2.45) is 0 Å². The summed E-state index contributed by atoms with van der Waals surface area (Å²) >= 11 is 1.31. The van der Waals surface area contributed by atoms with Crippen LogP contribution in [-0.2, 0) is 6.54 Å². The van der Waals surface area contributed by atoms with Gasteiger partial charge in [0.2, 0.25) is 0 Å². The first kappa shape index (κ1) is 11.6. The number of hydrogen-bond acceptors (Lipinski definition) is 2. The minimum absolute atomic E-state index is 0.0164. The van der Waals surface area contributed by atoms with E-state index in [-0.39, 0.29) is 6.54 Å². The summed E-state index contributed by atoms with van der Waals surface area (Å²) in [5.41, 5.74) is 0.364. The predicted octanol–water partition coefficient (Wildman–Crippen LogP) is 3.57. The lowest BCUT2D eigenvalue weighted by molar-refractivity contribution is 0.201. The van der Waals surface area contributed by atoms with Crippen LogP contribution in [0.15, 0.2) is 41.8 Å². The van der Waals surface area contributed by atoms with Crippen LogP contribution in [-0.4, -0.2) is 11.2 Å². The summed E-state index contributed by atoms with van der Waals surface area (Å²) in [5, 5.41) is 11.5. The molecule has 1 heterocycles. The zero-order valence-electron chi connectivity index (χ0n) is 8.84. The lowest BCUT2D eigenvalue weighted by atomic mass is 10.2. The van der Waals surface area contributed by atoms with E-state index in [1.165, 1.54) is 17.4 Å². The molecule has 17 heavy (non-hydrogen) atoms. The van der Waals surface area contributed by atoms with Gasteiger partial charge in [-0.25, -0.2) is 9.18 Å². The van der Waals surface area contributed by atoms with Gasteiger partial charge in [0.1, 0.15) is 10.8 Å². The number of amides is 1. The zero-order valence-corrected chi connectivity index (χ0v) is 9.65. The van der Waals surface area contributed by atoms with Gasteiger partial charge in [0.15, 0.2) is 0 Å². The monoisotopic (exact) mass is 251 g/mol. The fraction of sp³-hybridized carbons (Fsp3) is 0.0833. The van der Waals surface area contributed by atoms with Crippen LogP contribution in [0.25, 0.3) is 0 Å². The van der Waals surface area contributed by atoms with Crippen LogP contribution < -0.4 is 4.90 Å². The van der Waals surface area contributed by atoms with Crippen molar-refractivity contribution in [3.05, 3.63) is 53.2 Å². The number of carbonyl (C=O) groups is 1. The van der Waals surface area contributed by atoms with Gasteiger partial charge in [0.05, 0.1) is 6.54 Å². The Morgan fingerprint density at radius 1 is 1.29 bits per heavy atom. The first-order chi connectivity index (χ1) is 8.18. The van der Waals surface area contributed by atoms with Crippen molar-refractivity contribution in [1.82, 2.24) is 0 Å². The topological polar surface area (TPSA) is 40.5 Å². The maximum absolute atomic E-state index is 13.4. The number of anilines is 1. The highest BCUT2D eigenvalue weighted by Crippen LogP contribution is 2.24. The van der Waals surface area contributed by atoms with Gasteiger partial charge >= 0.3 is 6.09 Å². The van der Waals surface area contributed by atoms with Gasteiger partial charge in [-0.3, -0.25) is 4.90 Å². The lowest BCUT2D eigenvalue weighted by Crippen LogP contribution is -2.28. The lowest BCUT2D eigenvalue weighted by Gasteiger charge is -2.17. The van der Waals surface area contributed by atoms with Gasteiger partial charge < -0.3 is 5.11 Å². The van der Waals surface area contributed by atoms with Gasteiger partial charge in [0, 0.05) is 5.56 Å². The molecule has 2 rings (SSSR count). The Hall–Kier alpha value is -1.88.